The number of benzene rings is 2. The van der Waals surface area contributed by atoms with Crippen molar-refractivity contribution in [2.45, 2.75) is 33.1 Å². The van der Waals surface area contributed by atoms with Crippen LogP contribution in [-0.4, -0.2) is 18.4 Å². The second kappa shape index (κ2) is 7.51. The molecule has 0 saturated heterocycles. The quantitative estimate of drug-likeness (QED) is 0.907. The highest BCUT2D eigenvalue weighted by molar-refractivity contribution is 6.07. The van der Waals surface area contributed by atoms with Crippen LogP contribution in [0.5, 0.6) is 0 Å². The Morgan fingerprint density at radius 2 is 1.88 bits per heavy atom. The van der Waals surface area contributed by atoms with Gasteiger partial charge in [-0.15, -0.1) is 0 Å². The van der Waals surface area contributed by atoms with Crippen LogP contribution in [0, 0.1) is 5.92 Å². The van der Waals surface area contributed by atoms with Crippen LogP contribution in [0.2, 0.25) is 0 Å². The zero-order chi connectivity index (χ0) is 17.8. The summed E-state index contributed by atoms with van der Waals surface area (Å²) in [6, 6.07) is 15.2. The van der Waals surface area contributed by atoms with Gasteiger partial charge in [0.25, 0.3) is 5.91 Å². The third-order valence-corrected chi connectivity index (χ3v) is 4.34. The second-order valence-corrected chi connectivity index (χ2v) is 6.92. The summed E-state index contributed by atoms with van der Waals surface area (Å²) < 4.78 is 0. The van der Waals surface area contributed by atoms with Crippen LogP contribution in [0.15, 0.2) is 48.5 Å². The van der Waals surface area contributed by atoms with Gasteiger partial charge in [-0.3, -0.25) is 9.59 Å². The number of rotatable bonds is 4. The number of carbonyl (C=O) groups excluding carboxylic acids is 2. The molecule has 0 aliphatic carbocycles. The van der Waals surface area contributed by atoms with Crippen molar-refractivity contribution in [1.82, 2.24) is 0 Å². The SMILES string of the molecule is CC(C)CC(=O)Nc1ccc2c(c1)CCCN2C(=O)c1ccccc1. The Labute approximate surface area is 148 Å². The van der Waals surface area contributed by atoms with Crippen LogP contribution < -0.4 is 10.2 Å². The normalized spacial score (nSPS) is 13.5. The van der Waals surface area contributed by atoms with Crippen LogP contribution in [0.4, 0.5) is 11.4 Å². The van der Waals surface area contributed by atoms with E-state index in [9.17, 15) is 9.59 Å². The van der Waals surface area contributed by atoms with Crippen LogP contribution in [0.25, 0.3) is 0 Å². The fourth-order valence-electron chi connectivity index (χ4n) is 3.21. The smallest absolute Gasteiger partial charge is 0.258 e. The predicted octanol–water partition coefficient (Wildman–Crippen LogP) is 4.26. The first-order valence-electron chi connectivity index (χ1n) is 8.84. The number of anilines is 2. The lowest BCUT2D eigenvalue weighted by Crippen LogP contribution is -2.35. The van der Waals surface area contributed by atoms with Crippen molar-refractivity contribution < 1.29 is 9.59 Å². The zero-order valence-corrected chi connectivity index (χ0v) is 14.8. The number of nitrogens with zero attached hydrogens (tertiary/aromatic N) is 1. The number of aryl methyl sites for hydroxylation is 1. The molecule has 0 radical (unpaired) electrons. The number of amides is 2. The van der Waals surface area contributed by atoms with Gasteiger partial charge in [0.1, 0.15) is 0 Å². The molecule has 0 unspecified atom stereocenters. The molecule has 2 amide bonds. The van der Waals surface area contributed by atoms with Gasteiger partial charge in [-0.1, -0.05) is 32.0 Å². The number of hydrogen-bond donors (Lipinski definition) is 1. The van der Waals surface area contributed by atoms with E-state index < -0.39 is 0 Å². The first-order chi connectivity index (χ1) is 12.0. The third-order valence-electron chi connectivity index (χ3n) is 4.34. The minimum absolute atomic E-state index is 0.0261. The molecule has 130 valence electrons. The van der Waals surface area contributed by atoms with Gasteiger partial charge < -0.3 is 10.2 Å². The lowest BCUT2D eigenvalue weighted by atomic mass is 9.99. The third kappa shape index (κ3) is 4.08. The maximum Gasteiger partial charge on any atom is 0.258 e. The van der Waals surface area contributed by atoms with E-state index in [4.69, 9.17) is 0 Å². The van der Waals surface area contributed by atoms with Crippen molar-refractivity contribution in [1.29, 1.82) is 0 Å². The summed E-state index contributed by atoms with van der Waals surface area (Å²) in [5.74, 6) is 0.387. The standard InChI is InChI=1S/C21H24N2O2/c1-15(2)13-20(24)22-18-10-11-19-17(14-18)9-6-12-23(19)21(25)16-7-4-3-5-8-16/h3-5,7-8,10-11,14-15H,6,9,12-13H2,1-2H3,(H,22,24). The van der Waals surface area contributed by atoms with Gasteiger partial charge in [-0.25, -0.2) is 0 Å². The van der Waals surface area contributed by atoms with Gasteiger partial charge in [-0.05, 0) is 54.7 Å². The zero-order valence-electron chi connectivity index (χ0n) is 14.8. The molecule has 0 bridgehead atoms. The Hall–Kier alpha value is -2.62. The molecule has 25 heavy (non-hydrogen) atoms. The molecule has 1 N–H and O–H groups in total. The molecule has 3 rings (SSSR count). The van der Waals surface area contributed by atoms with Crippen molar-refractivity contribution >= 4 is 23.2 Å². The largest absolute Gasteiger partial charge is 0.326 e. The second-order valence-electron chi connectivity index (χ2n) is 6.92. The van der Waals surface area contributed by atoms with Crippen molar-refractivity contribution in [3.8, 4) is 0 Å². The molecule has 2 aromatic carbocycles. The van der Waals surface area contributed by atoms with Crippen LogP contribution in [0.1, 0.15) is 42.6 Å². The van der Waals surface area contributed by atoms with Gasteiger partial charge in [0.2, 0.25) is 5.91 Å². The molecule has 0 saturated carbocycles. The van der Waals surface area contributed by atoms with E-state index in [1.165, 1.54) is 0 Å². The fraction of sp³-hybridized carbons (Fsp3) is 0.333. The van der Waals surface area contributed by atoms with E-state index in [-0.39, 0.29) is 11.8 Å². The van der Waals surface area contributed by atoms with E-state index in [1.54, 1.807) is 0 Å². The molecule has 4 nitrogen and oxygen atoms in total. The molecule has 0 fully saturated rings. The van der Waals surface area contributed by atoms with Gasteiger partial charge in [0.05, 0.1) is 0 Å². The first kappa shape index (κ1) is 17.2. The average Bonchev–Trinajstić information content (AvgIpc) is 2.60. The Morgan fingerprint density at radius 3 is 2.60 bits per heavy atom. The molecule has 0 atom stereocenters. The lowest BCUT2D eigenvalue weighted by Gasteiger charge is -2.30. The highest BCUT2D eigenvalue weighted by Crippen LogP contribution is 2.31. The monoisotopic (exact) mass is 336 g/mol. The molecular formula is C21H24N2O2. The molecular weight excluding hydrogens is 312 g/mol. The Morgan fingerprint density at radius 1 is 1.12 bits per heavy atom. The lowest BCUT2D eigenvalue weighted by molar-refractivity contribution is -0.116. The highest BCUT2D eigenvalue weighted by atomic mass is 16.2. The summed E-state index contributed by atoms with van der Waals surface area (Å²) in [6.45, 7) is 4.78. The summed E-state index contributed by atoms with van der Waals surface area (Å²) >= 11 is 0. The van der Waals surface area contributed by atoms with E-state index in [0.29, 0.717) is 17.9 Å². The van der Waals surface area contributed by atoms with E-state index >= 15 is 0 Å². The van der Waals surface area contributed by atoms with E-state index in [0.717, 1.165) is 36.3 Å². The molecule has 4 heteroatoms. The summed E-state index contributed by atoms with van der Waals surface area (Å²) in [5, 5.41) is 2.96. The summed E-state index contributed by atoms with van der Waals surface area (Å²) in [4.78, 5) is 26.6. The fourth-order valence-corrected chi connectivity index (χ4v) is 3.21. The topological polar surface area (TPSA) is 49.4 Å². The highest BCUT2D eigenvalue weighted by Gasteiger charge is 2.23. The van der Waals surface area contributed by atoms with Crippen molar-refractivity contribution in [2.24, 2.45) is 5.92 Å². The van der Waals surface area contributed by atoms with E-state index in [1.807, 2.05) is 67.3 Å². The van der Waals surface area contributed by atoms with E-state index in [2.05, 4.69) is 5.32 Å². The van der Waals surface area contributed by atoms with Gasteiger partial charge in [0, 0.05) is 29.9 Å². The summed E-state index contributed by atoms with van der Waals surface area (Å²) in [6.07, 6.45) is 2.35. The first-order valence-corrected chi connectivity index (χ1v) is 8.84. The average molecular weight is 336 g/mol. The molecule has 1 aliphatic rings. The van der Waals surface area contributed by atoms with Crippen LogP contribution >= 0.6 is 0 Å². The van der Waals surface area contributed by atoms with Gasteiger partial charge in [0.15, 0.2) is 0 Å². The molecule has 1 heterocycles. The van der Waals surface area contributed by atoms with Gasteiger partial charge >= 0.3 is 0 Å². The maximum absolute atomic E-state index is 12.8. The molecule has 0 spiro atoms. The minimum atomic E-state index is 0.0261. The van der Waals surface area contributed by atoms with Crippen LogP contribution in [0.3, 0.4) is 0 Å². The molecule has 2 aromatic rings. The minimum Gasteiger partial charge on any atom is -0.326 e. The van der Waals surface area contributed by atoms with Crippen LogP contribution in [-0.2, 0) is 11.2 Å². The predicted molar refractivity (Wildman–Crippen MR) is 101 cm³/mol. The van der Waals surface area contributed by atoms with Gasteiger partial charge in [-0.2, -0.15) is 0 Å². The van der Waals surface area contributed by atoms with Crippen molar-refractivity contribution in [2.75, 3.05) is 16.8 Å². The summed E-state index contributed by atoms with van der Waals surface area (Å²) in [7, 11) is 0. The van der Waals surface area contributed by atoms with Crippen molar-refractivity contribution in [3.05, 3.63) is 59.7 Å². The molecule has 0 aromatic heterocycles. The van der Waals surface area contributed by atoms with Crippen molar-refractivity contribution in [3.63, 3.8) is 0 Å². The molecule has 1 aliphatic heterocycles. The Balaban J connectivity index is 1.80. The number of nitrogens with one attached hydrogen (secondary N) is 1. The number of fused-ring (bicyclic) bond motifs is 1. The Bertz CT molecular complexity index is 769. The maximum atomic E-state index is 12.8. The number of carbonyl (C=O) groups is 2. The summed E-state index contributed by atoms with van der Waals surface area (Å²) in [5.41, 5.74) is 3.56. The Kier molecular flexibility index (Phi) is 5.17. The number of hydrogen-bond acceptors (Lipinski definition) is 2.